The highest BCUT2D eigenvalue weighted by atomic mass is 19.4. The third-order valence-electron chi connectivity index (χ3n) is 5.30. The number of carbonyl (C=O) groups excluding carboxylic acids is 1. The Morgan fingerprint density at radius 3 is 2.46 bits per heavy atom. The molecule has 0 aliphatic carbocycles. The van der Waals surface area contributed by atoms with Gasteiger partial charge in [0.2, 0.25) is 0 Å². The highest BCUT2D eigenvalue weighted by molar-refractivity contribution is 5.86. The molecule has 1 atom stereocenters. The number of nitrogens with one attached hydrogen (secondary N) is 2. The number of carbonyl (C=O) groups is 1. The van der Waals surface area contributed by atoms with Crippen molar-refractivity contribution >= 4 is 12.1 Å². The number of hydrogen-bond acceptors (Lipinski definition) is 6. The lowest BCUT2D eigenvalue weighted by atomic mass is 10.00. The summed E-state index contributed by atoms with van der Waals surface area (Å²) < 4.78 is 63.1. The van der Waals surface area contributed by atoms with E-state index in [9.17, 15) is 26.7 Å². The van der Waals surface area contributed by atoms with Crippen molar-refractivity contribution in [3.05, 3.63) is 71.9 Å². The van der Waals surface area contributed by atoms with Gasteiger partial charge in [-0.25, -0.2) is 18.7 Å². The smallest absolute Gasteiger partial charge is 0.367 e. The van der Waals surface area contributed by atoms with E-state index in [2.05, 4.69) is 25.6 Å². The lowest BCUT2D eigenvalue weighted by Crippen LogP contribution is -2.47. The molecule has 35 heavy (non-hydrogen) atoms. The number of piperidine rings is 1. The van der Waals surface area contributed by atoms with Crippen LogP contribution in [0, 0.1) is 6.92 Å². The van der Waals surface area contributed by atoms with Gasteiger partial charge in [-0.05, 0) is 24.1 Å². The van der Waals surface area contributed by atoms with E-state index in [1.165, 1.54) is 0 Å². The zero-order chi connectivity index (χ0) is 25.5. The number of rotatable bonds is 5. The van der Waals surface area contributed by atoms with Gasteiger partial charge in [-0.3, -0.25) is 9.78 Å². The molecule has 1 unspecified atom stereocenters. The highest BCUT2D eigenvalue weighted by Gasteiger charge is 2.36. The molecule has 1 fully saturated rings. The molecule has 186 valence electrons. The molecule has 0 amide bonds. The predicted octanol–water partition coefficient (Wildman–Crippen LogP) is 5.16. The third kappa shape index (κ3) is 7.51. The van der Waals surface area contributed by atoms with Crippen LogP contribution in [0.4, 0.5) is 27.8 Å². The first-order chi connectivity index (χ1) is 16.6. The predicted molar refractivity (Wildman–Crippen MR) is 121 cm³/mol. The second kappa shape index (κ2) is 11.3. The maximum Gasteiger partial charge on any atom is 0.434 e. The number of halogens is 5. The number of nitrogens with zero attached hydrogens (tertiary/aromatic N) is 3. The number of alkyl halides is 5. The second-order valence-electron chi connectivity index (χ2n) is 8.00. The van der Waals surface area contributed by atoms with Crippen molar-refractivity contribution in [1.29, 1.82) is 0 Å². The molecule has 1 aliphatic rings. The van der Waals surface area contributed by atoms with E-state index in [-0.39, 0.29) is 31.7 Å². The SMILES string of the molecule is Cc1ccnc(C=O)c1-c1ccccc1.FC1(F)CCNC(CNc2cnc(C(F)(F)F)cn2)C1. The van der Waals surface area contributed by atoms with E-state index in [0.29, 0.717) is 11.9 Å². The molecule has 3 aromatic rings. The Hall–Kier alpha value is -3.47. The maximum absolute atomic E-state index is 13.1. The summed E-state index contributed by atoms with van der Waals surface area (Å²) in [7, 11) is 0. The van der Waals surface area contributed by atoms with Crippen molar-refractivity contribution in [1.82, 2.24) is 20.3 Å². The fraction of sp³-hybridized carbons (Fsp3) is 0.333. The Morgan fingerprint density at radius 1 is 1.11 bits per heavy atom. The van der Waals surface area contributed by atoms with Crippen LogP contribution in [0.5, 0.6) is 0 Å². The molecule has 1 saturated heterocycles. The van der Waals surface area contributed by atoms with Crippen LogP contribution < -0.4 is 10.6 Å². The highest BCUT2D eigenvalue weighted by Crippen LogP contribution is 2.28. The van der Waals surface area contributed by atoms with Crippen LogP contribution in [0.25, 0.3) is 11.1 Å². The first-order valence-corrected chi connectivity index (χ1v) is 10.8. The van der Waals surface area contributed by atoms with Gasteiger partial charge in [-0.2, -0.15) is 13.2 Å². The molecule has 0 bridgehead atoms. The van der Waals surface area contributed by atoms with Gasteiger partial charge in [0.15, 0.2) is 12.0 Å². The Bertz CT molecular complexity index is 1110. The van der Waals surface area contributed by atoms with Crippen LogP contribution in [0.1, 0.15) is 34.6 Å². The molecule has 6 nitrogen and oxygen atoms in total. The zero-order valence-corrected chi connectivity index (χ0v) is 18.8. The van der Waals surface area contributed by atoms with Gasteiger partial charge in [0.25, 0.3) is 5.92 Å². The number of benzene rings is 1. The van der Waals surface area contributed by atoms with Crippen molar-refractivity contribution in [2.75, 3.05) is 18.4 Å². The Labute approximate surface area is 199 Å². The van der Waals surface area contributed by atoms with Crippen LogP contribution >= 0.6 is 0 Å². The average Bonchev–Trinajstić information content (AvgIpc) is 2.82. The van der Waals surface area contributed by atoms with E-state index in [0.717, 1.165) is 29.2 Å². The van der Waals surface area contributed by atoms with E-state index in [4.69, 9.17) is 0 Å². The summed E-state index contributed by atoms with van der Waals surface area (Å²) in [6.45, 7) is 2.34. The van der Waals surface area contributed by atoms with Crippen molar-refractivity contribution in [2.24, 2.45) is 0 Å². The number of aromatic nitrogens is 3. The monoisotopic (exact) mass is 493 g/mol. The molecule has 1 aromatic carbocycles. The summed E-state index contributed by atoms with van der Waals surface area (Å²) in [6, 6.07) is 11.3. The van der Waals surface area contributed by atoms with Gasteiger partial charge >= 0.3 is 6.18 Å². The summed E-state index contributed by atoms with van der Waals surface area (Å²) in [5.74, 6) is -2.59. The summed E-state index contributed by atoms with van der Waals surface area (Å²) in [5.41, 5.74) is 2.43. The zero-order valence-electron chi connectivity index (χ0n) is 18.8. The first-order valence-electron chi connectivity index (χ1n) is 10.8. The fourth-order valence-corrected chi connectivity index (χ4v) is 3.58. The molecular weight excluding hydrogens is 469 g/mol. The number of anilines is 1. The molecule has 2 N–H and O–H groups in total. The van der Waals surface area contributed by atoms with Gasteiger partial charge in [-0.1, -0.05) is 30.3 Å². The minimum Gasteiger partial charge on any atom is -0.367 e. The molecule has 0 spiro atoms. The minimum absolute atomic E-state index is 0.119. The Kier molecular flexibility index (Phi) is 8.44. The Balaban J connectivity index is 0.000000203. The van der Waals surface area contributed by atoms with E-state index in [1.807, 2.05) is 43.3 Å². The topological polar surface area (TPSA) is 79.8 Å². The lowest BCUT2D eigenvalue weighted by Gasteiger charge is -2.30. The number of pyridine rings is 1. The first kappa shape index (κ1) is 26.1. The van der Waals surface area contributed by atoms with Gasteiger partial charge in [-0.15, -0.1) is 0 Å². The molecule has 1 aliphatic heterocycles. The summed E-state index contributed by atoms with van der Waals surface area (Å²) >= 11 is 0. The van der Waals surface area contributed by atoms with E-state index < -0.39 is 23.8 Å². The number of aryl methyl sites for hydroxylation is 1. The standard InChI is InChI=1S/C13H11NO.C11H13F5N4/c1-10-7-8-14-12(9-15)13(10)11-5-3-2-4-6-11;12-10(13)1-2-17-7(3-10)4-19-9-6-18-8(5-20-9)11(14,15)16/h2-9H,1H3;5-7,17H,1-4H2,(H,19,20). The summed E-state index contributed by atoms with van der Waals surface area (Å²) in [4.78, 5) is 21.7. The minimum atomic E-state index is -4.54. The molecular formula is C24H24F5N5O. The lowest BCUT2D eigenvalue weighted by molar-refractivity contribution is -0.141. The van der Waals surface area contributed by atoms with E-state index in [1.54, 1.807) is 6.20 Å². The fourth-order valence-electron chi connectivity index (χ4n) is 3.58. The van der Waals surface area contributed by atoms with Crippen molar-refractivity contribution in [3.63, 3.8) is 0 Å². The molecule has 4 rings (SSSR count). The second-order valence-corrected chi connectivity index (χ2v) is 8.00. The number of aldehydes is 1. The largest absolute Gasteiger partial charge is 0.434 e. The van der Waals surface area contributed by atoms with Crippen LogP contribution in [0.15, 0.2) is 55.0 Å². The van der Waals surface area contributed by atoms with Gasteiger partial charge in [0, 0.05) is 43.7 Å². The van der Waals surface area contributed by atoms with Crippen molar-refractivity contribution in [3.8, 4) is 11.1 Å². The number of hydrogen-bond donors (Lipinski definition) is 2. The molecule has 11 heteroatoms. The van der Waals surface area contributed by atoms with E-state index >= 15 is 0 Å². The van der Waals surface area contributed by atoms with Gasteiger partial charge in [0.05, 0.1) is 12.4 Å². The normalized spacial score (nSPS) is 17.1. The average molecular weight is 493 g/mol. The summed E-state index contributed by atoms with van der Waals surface area (Å²) in [6.07, 6.45) is -1.06. The van der Waals surface area contributed by atoms with Gasteiger partial charge in [0.1, 0.15) is 11.5 Å². The maximum atomic E-state index is 13.1. The van der Waals surface area contributed by atoms with Crippen LogP contribution in [0.3, 0.4) is 0 Å². The molecule has 2 aromatic heterocycles. The molecule has 0 radical (unpaired) electrons. The summed E-state index contributed by atoms with van der Waals surface area (Å²) in [5, 5.41) is 5.60. The van der Waals surface area contributed by atoms with Crippen LogP contribution in [-0.2, 0) is 6.18 Å². The Morgan fingerprint density at radius 2 is 1.86 bits per heavy atom. The van der Waals surface area contributed by atoms with Crippen LogP contribution in [-0.4, -0.2) is 46.3 Å². The molecule has 3 heterocycles. The van der Waals surface area contributed by atoms with Gasteiger partial charge < -0.3 is 10.6 Å². The van der Waals surface area contributed by atoms with Crippen LogP contribution in [0.2, 0.25) is 0 Å². The van der Waals surface area contributed by atoms with Crippen molar-refractivity contribution < 1.29 is 26.7 Å². The third-order valence-corrected chi connectivity index (χ3v) is 5.30. The quantitative estimate of drug-likeness (QED) is 0.378. The molecule has 0 saturated carbocycles. The van der Waals surface area contributed by atoms with Crippen molar-refractivity contribution in [2.45, 2.75) is 37.9 Å².